The fourth-order valence-electron chi connectivity index (χ4n) is 4.16. The molecule has 6 heteroatoms. The predicted octanol–water partition coefficient (Wildman–Crippen LogP) is 5.17. The Kier molecular flexibility index (Phi) is 5.77. The van der Waals surface area contributed by atoms with E-state index in [0.717, 1.165) is 21.2 Å². The number of hydrogen-bond acceptors (Lipinski definition) is 4. The van der Waals surface area contributed by atoms with Gasteiger partial charge in [-0.2, -0.15) is 0 Å². The summed E-state index contributed by atoms with van der Waals surface area (Å²) in [5, 5.41) is 3.64. The van der Waals surface area contributed by atoms with Crippen molar-refractivity contribution in [3.8, 4) is 0 Å². The van der Waals surface area contributed by atoms with Gasteiger partial charge in [0, 0.05) is 17.6 Å². The van der Waals surface area contributed by atoms with E-state index < -0.39 is 12.0 Å². The van der Waals surface area contributed by atoms with Gasteiger partial charge >= 0.3 is 5.97 Å². The van der Waals surface area contributed by atoms with Gasteiger partial charge in [0.05, 0.1) is 18.2 Å². The molecule has 0 saturated heterocycles. The van der Waals surface area contributed by atoms with E-state index in [1.54, 1.807) is 11.9 Å². The van der Waals surface area contributed by atoms with Crippen molar-refractivity contribution in [2.24, 2.45) is 0 Å². The number of fused-ring (bicyclic) bond motifs is 3. The first kappa shape index (κ1) is 20.4. The quantitative estimate of drug-likeness (QED) is 0.585. The molecule has 2 aromatic carbocycles. The number of benzene rings is 2. The molecule has 5 nitrogen and oxygen atoms in total. The van der Waals surface area contributed by atoms with Gasteiger partial charge in [-0.1, -0.05) is 58.4 Å². The molecular formula is C24H23BrN2O3. The number of amides is 1. The Labute approximate surface area is 184 Å². The van der Waals surface area contributed by atoms with Crippen LogP contribution in [0.1, 0.15) is 49.0 Å². The molecule has 0 fully saturated rings. The zero-order valence-electron chi connectivity index (χ0n) is 16.9. The van der Waals surface area contributed by atoms with Crippen LogP contribution in [0.15, 0.2) is 70.9 Å². The average Bonchev–Trinajstić information content (AvgIpc) is 2.92. The van der Waals surface area contributed by atoms with E-state index in [4.69, 9.17) is 4.74 Å². The first-order valence-electron chi connectivity index (χ1n) is 9.99. The van der Waals surface area contributed by atoms with Crippen LogP contribution in [0, 0.1) is 0 Å². The average molecular weight is 467 g/mol. The lowest BCUT2D eigenvalue weighted by atomic mass is 9.94. The molecule has 0 spiro atoms. The number of rotatable bonds is 3. The lowest BCUT2D eigenvalue weighted by Gasteiger charge is -2.44. The fraction of sp³-hybridized carbons (Fsp3) is 0.250. The molecule has 2 atom stereocenters. The second kappa shape index (κ2) is 8.48. The maximum absolute atomic E-state index is 13.0. The standard InChI is InChI=1S/C24H23BrN2O3/c1-3-30-24(29)21-12-13-22-20-7-5-4-6-17(20)14-15-26(22)27(16(2)28)23(21)18-8-10-19(25)11-9-18/h4-12,14-15,22-23H,3,13H2,1-2H3/t22-,23-/m0/s1. The van der Waals surface area contributed by atoms with Crippen molar-refractivity contribution in [1.82, 2.24) is 10.0 Å². The monoisotopic (exact) mass is 466 g/mol. The molecule has 0 aliphatic carbocycles. The topological polar surface area (TPSA) is 49.9 Å². The van der Waals surface area contributed by atoms with Crippen LogP contribution in [0.4, 0.5) is 0 Å². The van der Waals surface area contributed by atoms with Crippen LogP contribution in [0.5, 0.6) is 0 Å². The van der Waals surface area contributed by atoms with Crippen LogP contribution in [-0.2, 0) is 14.3 Å². The number of ether oxygens (including phenoxy) is 1. The molecule has 4 rings (SSSR count). The maximum Gasteiger partial charge on any atom is 0.336 e. The van der Waals surface area contributed by atoms with Gasteiger partial charge in [-0.05, 0) is 48.2 Å². The summed E-state index contributed by atoms with van der Waals surface area (Å²) < 4.78 is 6.30. The van der Waals surface area contributed by atoms with Crippen molar-refractivity contribution in [3.05, 3.63) is 87.5 Å². The smallest absolute Gasteiger partial charge is 0.336 e. The molecule has 1 amide bonds. The van der Waals surface area contributed by atoms with Gasteiger partial charge in [0.1, 0.15) is 6.04 Å². The first-order valence-corrected chi connectivity index (χ1v) is 10.8. The van der Waals surface area contributed by atoms with Gasteiger partial charge in [0.2, 0.25) is 5.91 Å². The highest BCUT2D eigenvalue weighted by molar-refractivity contribution is 9.10. The Bertz CT molecular complexity index is 1030. The summed E-state index contributed by atoms with van der Waals surface area (Å²) in [5.74, 6) is -0.539. The highest BCUT2D eigenvalue weighted by atomic mass is 79.9. The van der Waals surface area contributed by atoms with Crippen molar-refractivity contribution < 1.29 is 14.3 Å². The van der Waals surface area contributed by atoms with E-state index >= 15 is 0 Å². The van der Waals surface area contributed by atoms with Gasteiger partial charge in [0.25, 0.3) is 0 Å². The van der Waals surface area contributed by atoms with Crippen LogP contribution >= 0.6 is 15.9 Å². The first-order chi connectivity index (χ1) is 14.5. The van der Waals surface area contributed by atoms with E-state index in [0.29, 0.717) is 12.0 Å². The molecular weight excluding hydrogens is 444 g/mol. The summed E-state index contributed by atoms with van der Waals surface area (Å²) in [6.07, 6.45) is 6.46. The Balaban J connectivity index is 1.88. The largest absolute Gasteiger partial charge is 0.463 e. The number of hydrogen-bond donors (Lipinski definition) is 0. The third kappa shape index (κ3) is 3.67. The molecule has 2 aliphatic rings. The highest BCUT2D eigenvalue weighted by Gasteiger charge is 2.40. The van der Waals surface area contributed by atoms with Gasteiger partial charge in [-0.15, -0.1) is 0 Å². The van der Waals surface area contributed by atoms with E-state index in [9.17, 15) is 9.59 Å². The van der Waals surface area contributed by atoms with Gasteiger partial charge in [-0.25, -0.2) is 9.80 Å². The number of carbonyl (C=O) groups excluding carboxylic acids is 2. The van der Waals surface area contributed by atoms with Crippen LogP contribution < -0.4 is 0 Å². The van der Waals surface area contributed by atoms with Gasteiger partial charge in [0.15, 0.2) is 0 Å². The van der Waals surface area contributed by atoms with Crippen molar-refractivity contribution >= 4 is 33.9 Å². The summed E-state index contributed by atoms with van der Waals surface area (Å²) >= 11 is 3.46. The second-order valence-corrected chi connectivity index (χ2v) is 8.19. The highest BCUT2D eigenvalue weighted by Crippen LogP contribution is 2.43. The number of carbonyl (C=O) groups is 2. The van der Waals surface area contributed by atoms with Crippen molar-refractivity contribution in [3.63, 3.8) is 0 Å². The third-order valence-electron chi connectivity index (χ3n) is 5.45. The summed E-state index contributed by atoms with van der Waals surface area (Å²) in [6.45, 7) is 3.60. The van der Waals surface area contributed by atoms with E-state index in [1.165, 1.54) is 6.92 Å². The Hall–Kier alpha value is -2.86. The van der Waals surface area contributed by atoms with Crippen LogP contribution in [0.2, 0.25) is 0 Å². The molecule has 0 N–H and O–H groups in total. The molecule has 0 unspecified atom stereocenters. The molecule has 0 radical (unpaired) electrons. The Morgan fingerprint density at radius 1 is 1.13 bits per heavy atom. The normalized spacial score (nSPS) is 20.0. The predicted molar refractivity (Wildman–Crippen MR) is 119 cm³/mol. The summed E-state index contributed by atoms with van der Waals surface area (Å²) in [5.41, 5.74) is 3.58. The van der Waals surface area contributed by atoms with Crippen LogP contribution in [0.25, 0.3) is 6.08 Å². The summed E-state index contributed by atoms with van der Waals surface area (Å²) in [6, 6.07) is 15.2. The minimum Gasteiger partial charge on any atom is -0.463 e. The number of hydrazine groups is 1. The second-order valence-electron chi connectivity index (χ2n) is 7.27. The van der Waals surface area contributed by atoms with E-state index in [-0.39, 0.29) is 18.6 Å². The fourth-order valence-corrected chi connectivity index (χ4v) is 4.43. The zero-order chi connectivity index (χ0) is 21.3. The number of nitrogens with zero attached hydrogens (tertiary/aromatic N) is 2. The zero-order valence-corrected chi connectivity index (χ0v) is 18.5. The van der Waals surface area contributed by atoms with Crippen molar-refractivity contribution in [2.75, 3.05) is 6.61 Å². The van der Waals surface area contributed by atoms with E-state index in [2.05, 4.69) is 28.1 Å². The summed E-state index contributed by atoms with van der Waals surface area (Å²) in [7, 11) is 0. The Morgan fingerprint density at radius 3 is 2.57 bits per heavy atom. The van der Waals surface area contributed by atoms with Crippen molar-refractivity contribution in [1.29, 1.82) is 0 Å². The molecule has 154 valence electrons. The van der Waals surface area contributed by atoms with Crippen LogP contribution in [-0.4, -0.2) is 28.5 Å². The molecule has 0 saturated carbocycles. The third-order valence-corrected chi connectivity index (χ3v) is 5.98. The Morgan fingerprint density at radius 2 is 1.87 bits per heavy atom. The van der Waals surface area contributed by atoms with Crippen LogP contribution in [0.3, 0.4) is 0 Å². The minimum atomic E-state index is -0.574. The molecule has 2 heterocycles. The molecule has 0 aromatic heterocycles. The molecule has 2 aromatic rings. The lowest BCUT2D eigenvalue weighted by molar-refractivity contribution is -0.151. The van der Waals surface area contributed by atoms with Gasteiger partial charge < -0.3 is 4.74 Å². The minimum absolute atomic E-state index is 0.0834. The van der Waals surface area contributed by atoms with E-state index in [1.807, 2.05) is 59.8 Å². The van der Waals surface area contributed by atoms with Gasteiger partial charge in [-0.3, -0.25) is 9.80 Å². The maximum atomic E-state index is 13.0. The number of halogens is 1. The number of esters is 1. The van der Waals surface area contributed by atoms with Crippen molar-refractivity contribution in [2.45, 2.75) is 32.4 Å². The molecule has 0 bridgehead atoms. The summed E-state index contributed by atoms with van der Waals surface area (Å²) in [4.78, 5) is 25.9. The lowest BCUT2D eigenvalue weighted by Crippen LogP contribution is -2.47. The SMILES string of the molecule is CCOC(=O)C1=CC[C@H]2c3ccccc3C=CN2N(C(C)=O)[C@H]1c1ccc(Br)cc1. The molecule has 30 heavy (non-hydrogen) atoms. The molecule has 2 aliphatic heterocycles.